The fourth-order valence-corrected chi connectivity index (χ4v) is 2.19. The summed E-state index contributed by atoms with van der Waals surface area (Å²) in [6, 6.07) is 13.3. The van der Waals surface area contributed by atoms with Crippen LogP contribution in [-0.2, 0) is 11.2 Å². The highest BCUT2D eigenvalue weighted by Gasteiger charge is 2.22. The van der Waals surface area contributed by atoms with Crippen LogP contribution in [0.4, 0.5) is 5.69 Å². The zero-order valence-corrected chi connectivity index (χ0v) is 12.5. The Hall–Kier alpha value is -2.36. The minimum absolute atomic E-state index is 0.0203. The van der Waals surface area contributed by atoms with E-state index in [2.05, 4.69) is 10.3 Å². The van der Waals surface area contributed by atoms with Gasteiger partial charge in [0, 0.05) is 18.3 Å². The fourth-order valence-electron chi connectivity index (χ4n) is 2.19. The minimum Gasteiger partial charge on any atom is -0.491 e. The number of anilines is 1. The van der Waals surface area contributed by atoms with Crippen molar-refractivity contribution in [1.29, 1.82) is 0 Å². The molecule has 1 aromatic carbocycles. The maximum absolute atomic E-state index is 12.1. The molecule has 0 bridgehead atoms. The van der Waals surface area contributed by atoms with E-state index in [1.54, 1.807) is 6.20 Å². The highest BCUT2D eigenvalue weighted by molar-refractivity contribution is 5.92. The van der Waals surface area contributed by atoms with Gasteiger partial charge in [0.1, 0.15) is 5.75 Å². The summed E-state index contributed by atoms with van der Waals surface area (Å²) < 4.78 is 5.80. The molecule has 4 heteroatoms. The van der Waals surface area contributed by atoms with Crippen molar-refractivity contribution in [1.82, 2.24) is 4.98 Å². The van der Waals surface area contributed by atoms with E-state index in [0.717, 1.165) is 23.7 Å². The molecule has 1 fully saturated rings. The fraction of sp³-hybridized carbons (Fsp3) is 0.333. The predicted octanol–water partition coefficient (Wildman–Crippen LogP) is 3.44. The molecular weight excluding hydrogens is 276 g/mol. The van der Waals surface area contributed by atoms with Gasteiger partial charge in [-0.3, -0.25) is 9.78 Å². The average Bonchev–Trinajstić information content (AvgIpc) is 3.37. The van der Waals surface area contributed by atoms with E-state index >= 15 is 0 Å². The second-order valence-electron chi connectivity index (χ2n) is 5.62. The summed E-state index contributed by atoms with van der Waals surface area (Å²) in [4.78, 5) is 16.3. The van der Waals surface area contributed by atoms with Crippen LogP contribution >= 0.6 is 0 Å². The molecule has 1 saturated carbocycles. The largest absolute Gasteiger partial charge is 0.491 e. The third kappa shape index (κ3) is 4.32. The zero-order valence-electron chi connectivity index (χ0n) is 12.5. The number of nitrogens with one attached hydrogen (secondary N) is 1. The summed E-state index contributed by atoms with van der Waals surface area (Å²) in [6.45, 7) is 0.737. The van der Waals surface area contributed by atoms with Gasteiger partial charge in [-0.15, -0.1) is 0 Å². The summed E-state index contributed by atoms with van der Waals surface area (Å²) in [5, 5.41) is 2.93. The quantitative estimate of drug-likeness (QED) is 0.851. The molecule has 0 aliphatic heterocycles. The van der Waals surface area contributed by atoms with E-state index in [1.807, 2.05) is 42.5 Å². The number of aryl methyl sites for hydroxylation is 1. The van der Waals surface area contributed by atoms with Crippen molar-refractivity contribution >= 4 is 11.6 Å². The van der Waals surface area contributed by atoms with E-state index < -0.39 is 0 Å². The first kappa shape index (κ1) is 14.6. The van der Waals surface area contributed by atoms with Gasteiger partial charge < -0.3 is 10.1 Å². The van der Waals surface area contributed by atoms with Crippen molar-refractivity contribution in [3.05, 3.63) is 54.4 Å². The second-order valence-corrected chi connectivity index (χ2v) is 5.62. The van der Waals surface area contributed by atoms with E-state index in [0.29, 0.717) is 18.8 Å². The molecule has 0 saturated heterocycles. The van der Waals surface area contributed by atoms with E-state index in [4.69, 9.17) is 4.74 Å². The molecule has 0 radical (unpaired) electrons. The van der Waals surface area contributed by atoms with Crippen molar-refractivity contribution in [2.24, 2.45) is 5.92 Å². The Morgan fingerprint density at radius 2 is 2.00 bits per heavy atom. The SMILES string of the molecule is O=C(CCc1ccccn1)Nc1ccccc1OCC1CC1. The summed E-state index contributed by atoms with van der Waals surface area (Å²) in [7, 11) is 0. The number of hydrogen-bond acceptors (Lipinski definition) is 3. The molecule has 1 aromatic heterocycles. The van der Waals surface area contributed by atoms with Gasteiger partial charge in [-0.2, -0.15) is 0 Å². The number of carbonyl (C=O) groups is 1. The molecule has 1 amide bonds. The van der Waals surface area contributed by atoms with Crippen molar-refractivity contribution in [2.45, 2.75) is 25.7 Å². The van der Waals surface area contributed by atoms with Gasteiger partial charge in [-0.1, -0.05) is 18.2 Å². The number of benzene rings is 1. The van der Waals surface area contributed by atoms with Gasteiger partial charge in [0.2, 0.25) is 5.91 Å². The van der Waals surface area contributed by atoms with Gasteiger partial charge in [0.25, 0.3) is 0 Å². The first-order chi connectivity index (χ1) is 10.8. The minimum atomic E-state index is -0.0203. The van der Waals surface area contributed by atoms with Gasteiger partial charge in [-0.25, -0.2) is 0 Å². The summed E-state index contributed by atoms with van der Waals surface area (Å²) >= 11 is 0. The Labute approximate surface area is 130 Å². The molecule has 0 atom stereocenters. The number of hydrogen-bond donors (Lipinski definition) is 1. The van der Waals surface area contributed by atoms with Crippen LogP contribution in [0.1, 0.15) is 25.0 Å². The van der Waals surface area contributed by atoms with Crippen molar-refractivity contribution < 1.29 is 9.53 Å². The lowest BCUT2D eigenvalue weighted by Gasteiger charge is -2.12. The molecule has 22 heavy (non-hydrogen) atoms. The molecular formula is C18H20N2O2. The van der Waals surface area contributed by atoms with E-state index in [9.17, 15) is 4.79 Å². The predicted molar refractivity (Wildman–Crippen MR) is 85.8 cm³/mol. The summed E-state index contributed by atoms with van der Waals surface area (Å²) in [6.07, 6.45) is 5.29. The number of para-hydroxylation sites is 2. The lowest BCUT2D eigenvalue weighted by molar-refractivity contribution is -0.116. The number of nitrogens with zero attached hydrogens (tertiary/aromatic N) is 1. The van der Waals surface area contributed by atoms with Gasteiger partial charge in [0.15, 0.2) is 0 Å². The number of rotatable bonds is 7. The normalized spacial score (nSPS) is 13.6. The lowest BCUT2D eigenvalue weighted by Crippen LogP contribution is -2.14. The molecule has 1 heterocycles. The lowest BCUT2D eigenvalue weighted by atomic mass is 10.2. The molecule has 4 nitrogen and oxygen atoms in total. The summed E-state index contributed by atoms with van der Waals surface area (Å²) in [5.74, 6) is 1.42. The van der Waals surface area contributed by atoms with Crippen LogP contribution in [0.5, 0.6) is 5.75 Å². The summed E-state index contributed by atoms with van der Waals surface area (Å²) in [5.41, 5.74) is 1.67. The van der Waals surface area contributed by atoms with Crippen molar-refractivity contribution in [3.63, 3.8) is 0 Å². The molecule has 0 spiro atoms. The van der Waals surface area contributed by atoms with Crippen molar-refractivity contribution in [2.75, 3.05) is 11.9 Å². The maximum atomic E-state index is 12.1. The highest BCUT2D eigenvalue weighted by Crippen LogP contribution is 2.31. The molecule has 3 rings (SSSR count). The third-order valence-electron chi connectivity index (χ3n) is 3.67. The monoisotopic (exact) mass is 296 g/mol. The number of aromatic nitrogens is 1. The Morgan fingerprint density at radius 1 is 1.18 bits per heavy atom. The van der Waals surface area contributed by atoms with Crippen LogP contribution in [-0.4, -0.2) is 17.5 Å². The van der Waals surface area contributed by atoms with Gasteiger partial charge in [-0.05, 0) is 49.4 Å². The average molecular weight is 296 g/mol. The maximum Gasteiger partial charge on any atom is 0.224 e. The third-order valence-corrected chi connectivity index (χ3v) is 3.67. The molecule has 1 N–H and O–H groups in total. The molecule has 0 unspecified atom stereocenters. The Morgan fingerprint density at radius 3 is 2.77 bits per heavy atom. The number of amides is 1. The zero-order chi connectivity index (χ0) is 15.2. The highest BCUT2D eigenvalue weighted by atomic mass is 16.5. The number of carbonyl (C=O) groups excluding carboxylic acids is 1. The molecule has 114 valence electrons. The Kier molecular flexibility index (Phi) is 4.68. The first-order valence-corrected chi connectivity index (χ1v) is 7.73. The van der Waals surface area contributed by atoms with Crippen LogP contribution < -0.4 is 10.1 Å². The van der Waals surface area contributed by atoms with E-state index in [-0.39, 0.29) is 5.91 Å². The van der Waals surface area contributed by atoms with Crippen LogP contribution in [0.2, 0.25) is 0 Å². The van der Waals surface area contributed by atoms with Gasteiger partial charge in [0.05, 0.1) is 12.3 Å². The van der Waals surface area contributed by atoms with E-state index in [1.165, 1.54) is 12.8 Å². The van der Waals surface area contributed by atoms with Crippen LogP contribution in [0.15, 0.2) is 48.7 Å². The first-order valence-electron chi connectivity index (χ1n) is 7.73. The van der Waals surface area contributed by atoms with Crippen molar-refractivity contribution in [3.8, 4) is 5.75 Å². The van der Waals surface area contributed by atoms with Crippen LogP contribution in [0.3, 0.4) is 0 Å². The van der Waals surface area contributed by atoms with Crippen LogP contribution in [0, 0.1) is 5.92 Å². The standard InChI is InChI=1S/C18H20N2O2/c21-18(11-10-15-5-3-4-12-19-15)20-16-6-1-2-7-17(16)22-13-14-8-9-14/h1-7,12,14H,8-11,13H2,(H,20,21). The van der Waals surface area contributed by atoms with Crippen LogP contribution in [0.25, 0.3) is 0 Å². The second kappa shape index (κ2) is 7.07. The smallest absolute Gasteiger partial charge is 0.224 e. The molecule has 1 aliphatic rings. The Balaban J connectivity index is 1.54. The number of ether oxygens (including phenoxy) is 1. The number of pyridine rings is 1. The molecule has 2 aromatic rings. The topological polar surface area (TPSA) is 51.2 Å². The Bertz CT molecular complexity index is 624. The van der Waals surface area contributed by atoms with Gasteiger partial charge >= 0.3 is 0 Å². The molecule has 1 aliphatic carbocycles.